The second kappa shape index (κ2) is 50.2. The van der Waals surface area contributed by atoms with E-state index in [0.717, 1.165) is 103 Å². The Hall–Kier alpha value is -3.41. The van der Waals surface area contributed by atoms with Gasteiger partial charge in [0.15, 0.2) is 6.10 Å². The number of carbonyl (C=O) groups excluding carboxylic acids is 3. The van der Waals surface area contributed by atoms with E-state index in [1.807, 2.05) is 0 Å². The summed E-state index contributed by atoms with van der Waals surface area (Å²) < 4.78 is 16.7. The Morgan fingerprint density at radius 1 is 0.339 bits per heavy atom. The van der Waals surface area contributed by atoms with Gasteiger partial charge in [-0.3, -0.25) is 14.4 Å². The third-order valence-corrected chi connectivity index (χ3v) is 10.6. The Morgan fingerprint density at radius 2 is 0.645 bits per heavy atom. The minimum atomic E-state index is -0.804. The van der Waals surface area contributed by atoms with E-state index in [9.17, 15) is 14.4 Å². The van der Waals surface area contributed by atoms with Crippen molar-refractivity contribution in [2.24, 2.45) is 0 Å². The molecule has 354 valence electrons. The predicted molar refractivity (Wildman–Crippen MR) is 265 cm³/mol. The first kappa shape index (κ1) is 58.6. The van der Waals surface area contributed by atoms with Gasteiger partial charge in [0.1, 0.15) is 13.2 Å². The van der Waals surface area contributed by atoms with Crippen LogP contribution >= 0.6 is 0 Å². The van der Waals surface area contributed by atoms with Crippen LogP contribution in [0.2, 0.25) is 0 Å². The molecule has 0 amide bonds. The Balaban J connectivity index is 4.50. The van der Waals surface area contributed by atoms with Crippen molar-refractivity contribution >= 4 is 17.9 Å². The quantitative estimate of drug-likeness (QED) is 0.0263. The third kappa shape index (κ3) is 47.6. The number of esters is 3. The third-order valence-electron chi connectivity index (χ3n) is 10.6. The zero-order valence-corrected chi connectivity index (χ0v) is 40.4. The van der Waals surface area contributed by atoms with Crippen molar-refractivity contribution in [3.8, 4) is 0 Å². The smallest absolute Gasteiger partial charge is 0.306 e. The summed E-state index contributed by atoms with van der Waals surface area (Å²) >= 11 is 0. The van der Waals surface area contributed by atoms with E-state index < -0.39 is 6.10 Å². The number of hydrogen-bond acceptors (Lipinski definition) is 6. The van der Waals surface area contributed by atoms with Gasteiger partial charge >= 0.3 is 17.9 Å². The Kier molecular flexibility index (Phi) is 47.5. The molecule has 0 aliphatic carbocycles. The lowest BCUT2D eigenvalue weighted by Crippen LogP contribution is -2.30. The number of carbonyl (C=O) groups is 3. The van der Waals surface area contributed by atoms with Crippen molar-refractivity contribution in [2.75, 3.05) is 13.2 Å². The highest BCUT2D eigenvalue weighted by Crippen LogP contribution is 2.14. The Bertz CT molecular complexity index is 1220. The maximum atomic E-state index is 12.8. The zero-order valence-electron chi connectivity index (χ0n) is 40.4. The number of allylic oxidation sites excluding steroid dienone is 14. The molecule has 0 saturated carbocycles. The lowest BCUT2D eigenvalue weighted by Gasteiger charge is -2.18. The predicted octanol–water partition coefficient (Wildman–Crippen LogP) is 16.8. The van der Waals surface area contributed by atoms with Crippen LogP contribution in [-0.2, 0) is 28.6 Å². The standard InChI is InChI=1S/C56H94O6/c1-4-7-10-13-16-19-22-25-27-28-30-31-34-37-40-43-46-49-55(58)61-52-53(51-60-54(57)48-45-42-39-36-33-24-21-18-15-12-9-6-3)62-56(59)50-47-44-41-38-35-32-29-26-23-20-17-14-11-8-5-2/h7,10,16-17,19-20,25-27,29-31,37,40,53H,4-6,8-9,11-15,18,21-24,28,32-36,38-39,41-52H2,1-3H3/b10-7-,19-16-,20-17-,27-25-,29-26-,31-30-,40-37-. The summed E-state index contributed by atoms with van der Waals surface area (Å²) in [5.74, 6) is -0.975. The monoisotopic (exact) mass is 863 g/mol. The second-order valence-corrected chi connectivity index (χ2v) is 16.7. The van der Waals surface area contributed by atoms with Crippen LogP contribution in [0.1, 0.15) is 233 Å². The molecule has 0 saturated heterocycles. The van der Waals surface area contributed by atoms with E-state index in [-0.39, 0.29) is 37.5 Å². The molecule has 6 nitrogen and oxygen atoms in total. The first-order valence-corrected chi connectivity index (χ1v) is 25.6. The molecule has 0 fully saturated rings. The number of rotatable bonds is 45. The van der Waals surface area contributed by atoms with Crippen molar-refractivity contribution in [1.29, 1.82) is 0 Å². The van der Waals surface area contributed by atoms with Crippen molar-refractivity contribution in [2.45, 2.75) is 239 Å². The molecule has 0 bridgehead atoms. The van der Waals surface area contributed by atoms with E-state index >= 15 is 0 Å². The fourth-order valence-corrected chi connectivity index (χ4v) is 6.80. The van der Waals surface area contributed by atoms with Crippen LogP contribution in [0.4, 0.5) is 0 Å². The van der Waals surface area contributed by atoms with Crippen LogP contribution in [0.25, 0.3) is 0 Å². The van der Waals surface area contributed by atoms with Crippen LogP contribution in [0.3, 0.4) is 0 Å². The van der Waals surface area contributed by atoms with Gasteiger partial charge in [-0.15, -0.1) is 0 Å². The van der Waals surface area contributed by atoms with Gasteiger partial charge in [-0.2, -0.15) is 0 Å². The van der Waals surface area contributed by atoms with Gasteiger partial charge in [-0.1, -0.05) is 209 Å². The molecule has 0 aromatic rings. The maximum absolute atomic E-state index is 12.8. The number of unbranched alkanes of at least 4 members (excludes halogenated alkanes) is 20. The van der Waals surface area contributed by atoms with E-state index in [0.29, 0.717) is 19.3 Å². The minimum absolute atomic E-state index is 0.0989. The van der Waals surface area contributed by atoms with Crippen molar-refractivity contribution in [3.63, 3.8) is 0 Å². The summed E-state index contributed by atoms with van der Waals surface area (Å²) in [6.45, 7) is 6.43. The molecular formula is C56H94O6. The molecule has 0 aromatic heterocycles. The molecule has 0 heterocycles. The maximum Gasteiger partial charge on any atom is 0.306 e. The van der Waals surface area contributed by atoms with Gasteiger partial charge in [0.25, 0.3) is 0 Å². The Labute approximate surface area is 382 Å². The summed E-state index contributed by atoms with van der Waals surface area (Å²) in [6.07, 6.45) is 64.2. The van der Waals surface area contributed by atoms with Crippen molar-refractivity contribution in [3.05, 3.63) is 85.1 Å². The highest BCUT2D eigenvalue weighted by molar-refractivity contribution is 5.71. The summed E-state index contributed by atoms with van der Waals surface area (Å²) in [4.78, 5) is 37.9. The normalized spacial score (nSPS) is 12.8. The number of hydrogen-bond donors (Lipinski definition) is 0. The van der Waals surface area contributed by atoms with Crippen molar-refractivity contribution < 1.29 is 28.6 Å². The molecular weight excluding hydrogens is 769 g/mol. The van der Waals surface area contributed by atoms with Gasteiger partial charge in [0.2, 0.25) is 0 Å². The lowest BCUT2D eigenvalue weighted by molar-refractivity contribution is -0.167. The highest BCUT2D eigenvalue weighted by Gasteiger charge is 2.19. The SMILES string of the molecule is CC/C=C\C/C=C\C/C=C\C/C=C\C/C=C\CCCC(=O)OCC(COC(=O)CCCCCCCCCCCCCC)OC(=O)CCCCCCC/C=C\C/C=C\CCCCC. The average Bonchev–Trinajstić information content (AvgIpc) is 3.27. The molecule has 1 atom stereocenters. The summed E-state index contributed by atoms with van der Waals surface area (Å²) in [5.41, 5.74) is 0. The van der Waals surface area contributed by atoms with E-state index in [2.05, 4.69) is 106 Å². The molecule has 0 aliphatic heterocycles. The van der Waals surface area contributed by atoms with Crippen molar-refractivity contribution in [1.82, 2.24) is 0 Å². The van der Waals surface area contributed by atoms with Crippen LogP contribution in [0, 0.1) is 0 Å². The van der Waals surface area contributed by atoms with Crippen LogP contribution in [0.5, 0.6) is 0 Å². The molecule has 1 unspecified atom stereocenters. The second-order valence-electron chi connectivity index (χ2n) is 16.7. The summed E-state index contributed by atoms with van der Waals surface area (Å²) in [5, 5.41) is 0. The fraction of sp³-hybridized carbons (Fsp3) is 0.696. The molecule has 6 heteroatoms. The largest absolute Gasteiger partial charge is 0.462 e. The molecule has 0 radical (unpaired) electrons. The van der Waals surface area contributed by atoms with Gasteiger partial charge in [-0.05, 0) is 89.9 Å². The van der Waals surface area contributed by atoms with Gasteiger partial charge in [-0.25, -0.2) is 0 Å². The molecule has 0 aliphatic rings. The van der Waals surface area contributed by atoms with Gasteiger partial charge in [0, 0.05) is 19.3 Å². The molecule has 0 aromatic carbocycles. The van der Waals surface area contributed by atoms with Crippen LogP contribution in [-0.4, -0.2) is 37.2 Å². The van der Waals surface area contributed by atoms with E-state index in [1.54, 1.807) is 0 Å². The molecule has 0 N–H and O–H groups in total. The highest BCUT2D eigenvalue weighted by atomic mass is 16.6. The fourth-order valence-electron chi connectivity index (χ4n) is 6.80. The molecule has 62 heavy (non-hydrogen) atoms. The summed E-state index contributed by atoms with van der Waals surface area (Å²) in [6, 6.07) is 0. The van der Waals surface area contributed by atoms with Gasteiger partial charge in [0.05, 0.1) is 0 Å². The minimum Gasteiger partial charge on any atom is -0.462 e. The molecule has 0 rings (SSSR count). The first-order valence-electron chi connectivity index (χ1n) is 25.6. The van der Waals surface area contributed by atoms with Crippen LogP contribution in [0.15, 0.2) is 85.1 Å². The zero-order chi connectivity index (χ0) is 45.1. The topological polar surface area (TPSA) is 78.9 Å². The van der Waals surface area contributed by atoms with E-state index in [4.69, 9.17) is 14.2 Å². The van der Waals surface area contributed by atoms with Crippen LogP contribution < -0.4 is 0 Å². The first-order chi connectivity index (χ1) is 30.5. The lowest BCUT2D eigenvalue weighted by atomic mass is 10.0. The average molecular weight is 863 g/mol. The summed E-state index contributed by atoms with van der Waals surface area (Å²) in [7, 11) is 0. The molecule has 0 spiro atoms. The Morgan fingerprint density at radius 3 is 1.08 bits per heavy atom. The van der Waals surface area contributed by atoms with Gasteiger partial charge < -0.3 is 14.2 Å². The van der Waals surface area contributed by atoms with E-state index in [1.165, 1.54) is 83.5 Å². The number of ether oxygens (including phenoxy) is 3.